The van der Waals surface area contributed by atoms with Crippen LogP contribution in [0.1, 0.15) is 84.5 Å². The van der Waals surface area contributed by atoms with Crippen molar-refractivity contribution in [1.29, 1.82) is 0 Å². The maximum absolute atomic E-state index is 15.4. The highest BCUT2D eigenvalue weighted by Gasteiger charge is 2.46. The van der Waals surface area contributed by atoms with Crippen LogP contribution in [0.25, 0.3) is 0 Å². The molecule has 6 heteroatoms. The topological polar surface area (TPSA) is 52.7 Å². The van der Waals surface area contributed by atoms with Crippen molar-refractivity contribution in [2.24, 2.45) is 0 Å². The molecule has 1 saturated heterocycles. The molecule has 1 spiro atoms. The number of anilines is 2. The standard InChI is InChI=1S/C26H38FN3O2/c1-19-18-29(22-12-8-9-13-23(22)30(19)20(2)31)25(32)21-14-15-24(27)26(28-21)16-10-6-4-3-5-7-11-17-26/h8-9,12-13,19,21,24,28H,3-7,10-11,14-18H2,1-2H3/t19-,21?,24?/m0/s1. The van der Waals surface area contributed by atoms with Crippen LogP contribution in [0.2, 0.25) is 0 Å². The number of halogens is 1. The number of piperidine rings is 1. The van der Waals surface area contributed by atoms with Crippen LogP contribution >= 0.6 is 0 Å². The van der Waals surface area contributed by atoms with Crippen molar-refractivity contribution in [2.45, 2.75) is 108 Å². The van der Waals surface area contributed by atoms with Crippen molar-refractivity contribution in [3.05, 3.63) is 24.3 Å². The van der Waals surface area contributed by atoms with Gasteiger partial charge in [0.15, 0.2) is 0 Å². The van der Waals surface area contributed by atoms with E-state index in [-0.39, 0.29) is 23.9 Å². The van der Waals surface area contributed by atoms with E-state index in [9.17, 15) is 9.59 Å². The largest absolute Gasteiger partial charge is 0.307 e. The number of nitrogens with one attached hydrogen (secondary N) is 1. The zero-order chi connectivity index (χ0) is 22.7. The highest BCUT2D eigenvalue weighted by Crippen LogP contribution is 2.39. The minimum atomic E-state index is -0.897. The Balaban J connectivity index is 1.57. The van der Waals surface area contributed by atoms with Gasteiger partial charge >= 0.3 is 0 Å². The molecule has 1 aromatic carbocycles. The minimum Gasteiger partial charge on any atom is -0.307 e. The third kappa shape index (κ3) is 4.57. The zero-order valence-electron chi connectivity index (χ0n) is 19.6. The molecule has 1 saturated carbocycles. The van der Waals surface area contributed by atoms with Crippen LogP contribution in [0.3, 0.4) is 0 Å². The van der Waals surface area contributed by atoms with Gasteiger partial charge < -0.3 is 9.80 Å². The second kappa shape index (κ2) is 9.90. The number of rotatable bonds is 1. The fourth-order valence-electron chi connectivity index (χ4n) is 6.09. The first kappa shape index (κ1) is 23.2. The third-order valence-electron chi connectivity index (χ3n) is 7.74. The number of benzene rings is 1. The second-order valence-corrected chi connectivity index (χ2v) is 10.0. The van der Waals surface area contributed by atoms with Gasteiger partial charge in [0, 0.05) is 13.5 Å². The number of para-hydroxylation sites is 2. The molecular formula is C26H38FN3O2. The van der Waals surface area contributed by atoms with E-state index in [4.69, 9.17) is 0 Å². The molecule has 1 aromatic rings. The van der Waals surface area contributed by atoms with Crippen molar-refractivity contribution in [3.8, 4) is 0 Å². The van der Waals surface area contributed by atoms with E-state index >= 15 is 4.39 Å². The smallest absolute Gasteiger partial charge is 0.244 e. The quantitative estimate of drug-likeness (QED) is 0.655. The molecule has 1 aliphatic carbocycles. The number of nitrogens with zero attached hydrogens (tertiary/aromatic N) is 2. The van der Waals surface area contributed by atoms with Gasteiger partial charge in [-0.2, -0.15) is 0 Å². The fraction of sp³-hybridized carbons (Fsp3) is 0.692. The van der Waals surface area contributed by atoms with Crippen LogP contribution < -0.4 is 15.1 Å². The van der Waals surface area contributed by atoms with Crippen LogP contribution in [0.4, 0.5) is 15.8 Å². The van der Waals surface area contributed by atoms with E-state index in [1.165, 1.54) is 19.3 Å². The number of alkyl halides is 1. The van der Waals surface area contributed by atoms with Gasteiger partial charge in [-0.3, -0.25) is 14.9 Å². The Kier molecular flexibility index (Phi) is 7.18. The summed E-state index contributed by atoms with van der Waals surface area (Å²) < 4.78 is 15.4. The Hall–Kier alpha value is -1.95. The predicted molar refractivity (Wildman–Crippen MR) is 127 cm³/mol. The summed E-state index contributed by atoms with van der Waals surface area (Å²) in [7, 11) is 0. The highest BCUT2D eigenvalue weighted by molar-refractivity contribution is 6.05. The maximum Gasteiger partial charge on any atom is 0.244 e. The molecule has 1 N–H and O–H groups in total. The molecule has 2 heterocycles. The summed E-state index contributed by atoms with van der Waals surface area (Å²) in [4.78, 5) is 29.6. The molecule has 3 atom stereocenters. The monoisotopic (exact) mass is 443 g/mol. The maximum atomic E-state index is 15.4. The summed E-state index contributed by atoms with van der Waals surface area (Å²) in [6.45, 7) is 4.00. The predicted octanol–water partition coefficient (Wildman–Crippen LogP) is 5.13. The lowest BCUT2D eigenvalue weighted by Crippen LogP contribution is -2.65. The Labute approximate surface area is 191 Å². The van der Waals surface area contributed by atoms with Gasteiger partial charge in [-0.05, 0) is 44.7 Å². The summed E-state index contributed by atoms with van der Waals surface area (Å²) in [6.07, 6.45) is 9.74. The van der Waals surface area contributed by atoms with E-state index in [0.717, 1.165) is 49.9 Å². The summed E-state index contributed by atoms with van der Waals surface area (Å²) in [5.74, 6) is -0.00978. The molecule has 2 amide bonds. The summed E-state index contributed by atoms with van der Waals surface area (Å²) >= 11 is 0. The molecule has 0 bridgehead atoms. The summed E-state index contributed by atoms with van der Waals surface area (Å²) in [5, 5.41) is 3.56. The Morgan fingerprint density at radius 1 is 0.969 bits per heavy atom. The molecule has 32 heavy (non-hydrogen) atoms. The van der Waals surface area contributed by atoms with Crippen molar-refractivity contribution < 1.29 is 14.0 Å². The number of fused-ring (bicyclic) bond motifs is 1. The van der Waals surface area contributed by atoms with Crippen molar-refractivity contribution in [1.82, 2.24) is 5.32 Å². The number of carbonyl (C=O) groups is 2. The minimum absolute atomic E-state index is 0.0101. The molecule has 4 rings (SSSR count). The third-order valence-corrected chi connectivity index (χ3v) is 7.74. The molecule has 5 nitrogen and oxygen atoms in total. The van der Waals surface area contributed by atoms with Gasteiger partial charge in [0.2, 0.25) is 11.8 Å². The lowest BCUT2D eigenvalue weighted by Gasteiger charge is -2.47. The average Bonchev–Trinajstić information content (AvgIpc) is 2.78. The molecule has 3 aliphatic rings. The van der Waals surface area contributed by atoms with Gasteiger partial charge in [-0.25, -0.2) is 4.39 Å². The van der Waals surface area contributed by atoms with Gasteiger partial charge in [0.05, 0.1) is 29.0 Å². The Bertz CT molecular complexity index is 819. The van der Waals surface area contributed by atoms with E-state index < -0.39 is 11.7 Å². The molecule has 2 fully saturated rings. The number of carbonyl (C=O) groups excluding carboxylic acids is 2. The molecular weight excluding hydrogens is 405 g/mol. The van der Waals surface area contributed by atoms with E-state index in [1.807, 2.05) is 36.1 Å². The normalized spacial score (nSPS) is 28.8. The van der Waals surface area contributed by atoms with Gasteiger partial charge in [0.1, 0.15) is 6.17 Å². The lowest BCUT2D eigenvalue weighted by molar-refractivity contribution is -0.123. The van der Waals surface area contributed by atoms with E-state index in [0.29, 0.717) is 19.4 Å². The number of amides is 2. The van der Waals surface area contributed by atoms with Crippen molar-refractivity contribution in [3.63, 3.8) is 0 Å². The first-order chi connectivity index (χ1) is 15.4. The summed E-state index contributed by atoms with van der Waals surface area (Å²) in [6, 6.07) is 7.14. The Morgan fingerprint density at radius 3 is 2.19 bits per heavy atom. The summed E-state index contributed by atoms with van der Waals surface area (Å²) in [5.41, 5.74) is 0.970. The van der Waals surface area contributed by atoms with Crippen LogP contribution in [0.5, 0.6) is 0 Å². The second-order valence-electron chi connectivity index (χ2n) is 10.0. The van der Waals surface area contributed by atoms with Crippen molar-refractivity contribution >= 4 is 23.2 Å². The first-order valence-electron chi connectivity index (χ1n) is 12.5. The van der Waals surface area contributed by atoms with Gasteiger partial charge in [-0.15, -0.1) is 0 Å². The van der Waals surface area contributed by atoms with Crippen LogP contribution in [-0.2, 0) is 9.59 Å². The fourth-order valence-corrected chi connectivity index (χ4v) is 6.09. The van der Waals surface area contributed by atoms with Gasteiger partial charge in [-0.1, -0.05) is 57.1 Å². The van der Waals surface area contributed by atoms with Crippen LogP contribution in [-0.4, -0.2) is 42.2 Å². The van der Waals surface area contributed by atoms with E-state index in [1.54, 1.807) is 11.8 Å². The van der Waals surface area contributed by atoms with Crippen molar-refractivity contribution in [2.75, 3.05) is 16.3 Å². The molecule has 0 radical (unpaired) electrons. The first-order valence-corrected chi connectivity index (χ1v) is 12.5. The van der Waals surface area contributed by atoms with Gasteiger partial charge in [0.25, 0.3) is 0 Å². The molecule has 176 valence electrons. The number of hydrogen-bond donors (Lipinski definition) is 1. The zero-order valence-corrected chi connectivity index (χ0v) is 19.6. The highest BCUT2D eigenvalue weighted by atomic mass is 19.1. The SMILES string of the molecule is CC(=O)N1c2ccccc2N(C(=O)C2CCC(F)C3(CCCCCCCCC3)N2)C[C@@H]1C. The lowest BCUT2D eigenvalue weighted by atomic mass is 9.76. The molecule has 2 aliphatic heterocycles. The molecule has 2 unspecified atom stereocenters. The van der Waals surface area contributed by atoms with E-state index in [2.05, 4.69) is 5.32 Å². The number of hydrogen-bond acceptors (Lipinski definition) is 3. The Morgan fingerprint density at radius 2 is 1.56 bits per heavy atom. The van der Waals surface area contributed by atoms with Crippen LogP contribution in [0, 0.1) is 0 Å². The average molecular weight is 444 g/mol. The molecule has 0 aromatic heterocycles. The van der Waals surface area contributed by atoms with Crippen LogP contribution in [0.15, 0.2) is 24.3 Å².